The van der Waals surface area contributed by atoms with Gasteiger partial charge in [0.2, 0.25) is 5.95 Å². The number of anilines is 3. The van der Waals surface area contributed by atoms with Crippen LogP contribution >= 0.6 is 0 Å². The van der Waals surface area contributed by atoms with Crippen LogP contribution in [-0.2, 0) is 0 Å². The third-order valence-corrected chi connectivity index (χ3v) is 4.71. The van der Waals surface area contributed by atoms with Gasteiger partial charge in [0, 0.05) is 43.5 Å². The summed E-state index contributed by atoms with van der Waals surface area (Å²) in [6, 6.07) is 3.98. The third kappa shape index (κ3) is 3.51. The lowest BCUT2D eigenvalue weighted by Crippen LogP contribution is -2.26. The first-order chi connectivity index (χ1) is 11.7. The van der Waals surface area contributed by atoms with Crippen molar-refractivity contribution in [2.24, 2.45) is 5.92 Å². The van der Waals surface area contributed by atoms with Gasteiger partial charge in [0.15, 0.2) is 5.82 Å². The molecule has 2 aromatic heterocycles. The number of nitrogens with one attached hydrogen (secondary N) is 2. The quantitative estimate of drug-likeness (QED) is 0.847. The van der Waals surface area contributed by atoms with Crippen LogP contribution < -0.4 is 10.2 Å². The fourth-order valence-electron chi connectivity index (χ4n) is 3.39. The maximum atomic E-state index is 4.67. The molecule has 24 heavy (non-hydrogen) atoms. The minimum Gasteiger partial charge on any atom is -0.340 e. The van der Waals surface area contributed by atoms with Crippen molar-refractivity contribution in [3.05, 3.63) is 24.0 Å². The van der Waals surface area contributed by atoms with Crippen molar-refractivity contribution in [3.8, 4) is 0 Å². The molecule has 0 radical (unpaired) electrons. The fraction of sp³-hybridized carbons (Fsp3) is 0.588. The van der Waals surface area contributed by atoms with E-state index in [1.54, 1.807) is 0 Å². The lowest BCUT2D eigenvalue weighted by atomic mass is 10.1. The molecule has 128 valence electrons. The van der Waals surface area contributed by atoms with E-state index in [9.17, 15) is 0 Å². The van der Waals surface area contributed by atoms with Crippen LogP contribution in [0, 0.1) is 5.92 Å². The van der Waals surface area contributed by atoms with Crippen molar-refractivity contribution in [3.63, 3.8) is 0 Å². The summed E-state index contributed by atoms with van der Waals surface area (Å²) in [5.74, 6) is 3.79. The van der Waals surface area contributed by atoms with Gasteiger partial charge in [0.1, 0.15) is 5.82 Å². The molecule has 0 amide bonds. The topological polar surface area (TPSA) is 73.0 Å². The van der Waals surface area contributed by atoms with Crippen molar-refractivity contribution < 1.29 is 0 Å². The smallest absolute Gasteiger partial charge is 0.227 e. The number of H-pyrrole nitrogens is 1. The van der Waals surface area contributed by atoms with Crippen LogP contribution in [0.1, 0.15) is 30.9 Å². The van der Waals surface area contributed by atoms with E-state index in [1.807, 2.05) is 12.3 Å². The molecule has 1 aliphatic heterocycles. The SMILES string of the molecule is CN(C)C[C@H]1CCN(c2nccc(Nc3cc(C4CC4)[nH]n3)n2)C1. The average molecular weight is 327 g/mol. The molecule has 7 nitrogen and oxygen atoms in total. The van der Waals surface area contributed by atoms with Crippen LogP contribution in [0.5, 0.6) is 0 Å². The molecule has 1 atom stereocenters. The zero-order chi connectivity index (χ0) is 16.5. The van der Waals surface area contributed by atoms with Crippen molar-refractivity contribution in [2.45, 2.75) is 25.2 Å². The number of hydrogen-bond donors (Lipinski definition) is 2. The third-order valence-electron chi connectivity index (χ3n) is 4.71. The van der Waals surface area contributed by atoms with Crippen molar-refractivity contribution in [1.82, 2.24) is 25.1 Å². The van der Waals surface area contributed by atoms with E-state index in [2.05, 4.69) is 55.4 Å². The van der Waals surface area contributed by atoms with Crippen LogP contribution in [0.15, 0.2) is 18.3 Å². The van der Waals surface area contributed by atoms with Crippen molar-refractivity contribution >= 4 is 17.6 Å². The van der Waals surface area contributed by atoms with Gasteiger partial charge in [-0.3, -0.25) is 5.10 Å². The van der Waals surface area contributed by atoms with Crippen LogP contribution in [0.25, 0.3) is 0 Å². The van der Waals surface area contributed by atoms with Crippen molar-refractivity contribution in [2.75, 3.05) is 43.9 Å². The number of hydrogen-bond acceptors (Lipinski definition) is 6. The standard InChI is InChI=1S/C17H25N7/c1-23(2)10-12-6-8-24(11-12)17-18-7-5-15(20-17)19-16-9-14(21-22-16)13-3-4-13/h5,7,9,12-13H,3-4,6,8,10-11H2,1-2H3,(H2,18,19,20,21,22)/t12-/m1/s1. The van der Waals surface area contributed by atoms with Crippen LogP contribution in [-0.4, -0.2) is 58.8 Å². The fourth-order valence-corrected chi connectivity index (χ4v) is 3.39. The Morgan fingerprint density at radius 3 is 2.96 bits per heavy atom. The lowest BCUT2D eigenvalue weighted by Gasteiger charge is -2.18. The second-order valence-corrected chi connectivity index (χ2v) is 7.21. The monoisotopic (exact) mass is 327 g/mol. The second kappa shape index (κ2) is 6.39. The van der Waals surface area contributed by atoms with Crippen molar-refractivity contribution in [1.29, 1.82) is 0 Å². The molecule has 0 spiro atoms. The summed E-state index contributed by atoms with van der Waals surface area (Å²) >= 11 is 0. The summed E-state index contributed by atoms with van der Waals surface area (Å²) in [6.07, 6.45) is 5.55. The van der Waals surface area contributed by atoms with E-state index in [0.29, 0.717) is 11.8 Å². The van der Waals surface area contributed by atoms with Gasteiger partial charge in [-0.15, -0.1) is 0 Å². The number of nitrogens with zero attached hydrogens (tertiary/aromatic N) is 5. The summed E-state index contributed by atoms with van der Waals surface area (Å²) in [5.41, 5.74) is 1.22. The molecule has 2 aromatic rings. The maximum Gasteiger partial charge on any atom is 0.227 e. The molecular weight excluding hydrogens is 302 g/mol. The van der Waals surface area contributed by atoms with E-state index < -0.39 is 0 Å². The summed E-state index contributed by atoms with van der Waals surface area (Å²) < 4.78 is 0. The molecule has 2 N–H and O–H groups in total. The summed E-state index contributed by atoms with van der Waals surface area (Å²) in [4.78, 5) is 13.7. The molecule has 0 aromatic carbocycles. The maximum absolute atomic E-state index is 4.67. The van der Waals surface area contributed by atoms with Gasteiger partial charge in [-0.2, -0.15) is 10.1 Å². The van der Waals surface area contributed by atoms with Gasteiger partial charge in [0.05, 0.1) is 0 Å². The van der Waals surface area contributed by atoms with Crippen LogP contribution in [0.4, 0.5) is 17.6 Å². The Kier molecular flexibility index (Phi) is 4.10. The van der Waals surface area contributed by atoms with Gasteiger partial charge in [0.25, 0.3) is 0 Å². The lowest BCUT2D eigenvalue weighted by molar-refractivity contribution is 0.340. The highest BCUT2D eigenvalue weighted by molar-refractivity contribution is 5.53. The number of aromatic nitrogens is 4. The molecular formula is C17H25N7. The second-order valence-electron chi connectivity index (χ2n) is 7.21. The van der Waals surface area contributed by atoms with E-state index in [1.165, 1.54) is 25.0 Å². The summed E-state index contributed by atoms with van der Waals surface area (Å²) in [6.45, 7) is 3.16. The number of rotatable bonds is 6. The average Bonchev–Trinajstić information content (AvgIpc) is 3.13. The molecule has 0 bridgehead atoms. The van der Waals surface area contributed by atoms with Crippen LogP contribution in [0.2, 0.25) is 0 Å². The molecule has 2 fully saturated rings. The highest BCUT2D eigenvalue weighted by atomic mass is 15.3. The molecule has 7 heteroatoms. The zero-order valence-corrected chi connectivity index (χ0v) is 14.4. The van der Waals surface area contributed by atoms with E-state index in [0.717, 1.165) is 37.2 Å². The van der Waals surface area contributed by atoms with Gasteiger partial charge in [-0.05, 0) is 45.3 Å². The van der Waals surface area contributed by atoms with Crippen LogP contribution in [0.3, 0.4) is 0 Å². The van der Waals surface area contributed by atoms with E-state index in [4.69, 9.17) is 0 Å². The first-order valence-corrected chi connectivity index (χ1v) is 8.72. The first-order valence-electron chi connectivity index (χ1n) is 8.72. The van der Waals surface area contributed by atoms with E-state index >= 15 is 0 Å². The predicted octanol–water partition coefficient (Wildman–Crippen LogP) is 2.21. The largest absolute Gasteiger partial charge is 0.340 e. The molecule has 0 unspecified atom stereocenters. The van der Waals surface area contributed by atoms with Gasteiger partial charge in [-0.1, -0.05) is 0 Å². The molecule has 3 heterocycles. The summed E-state index contributed by atoms with van der Waals surface area (Å²) in [7, 11) is 4.26. The Hall–Kier alpha value is -2.15. The van der Waals surface area contributed by atoms with Gasteiger partial charge < -0.3 is 15.1 Å². The predicted molar refractivity (Wildman–Crippen MR) is 94.8 cm³/mol. The Morgan fingerprint density at radius 1 is 1.29 bits per heavy atom. The van der Waals surface area contributed by atoms with E-state index in [-0.39, 0.29) is 0 Å². The minimum atomic E-state index is 0.673. The van der Waals surface area contributed by atoms with Gasteiger partial charge in [-0.25, -0.2) is 4.98 Å². The molecule has 4 rings (SSSR count). The minimum absolute atomic E-state index is 0.673. The Morgan fingerprint density at radius 2 is 2.17 bits per heavy atom. The Bertz CT molecular complexity index is 692. The molecule has 1 aliphatic carbocycles. The highest BCUT2D eigenvalue weighted by Crippen LogP contribution is 2.39. The van der Waals surface area contributed by atoms with Gasteiger partial charge >= 0.3 is 0 Å². The Labute approximate surface area is 142 Å². The normalized spacial score (nSPS) is 20.8. The molecule has 1 saturated carbocycles. The Balaban J connectivity index is 1.41. The molecule has 1 saturated heterocycles. The highest BCUT2D eigenvalue weighted by Gasteiger charge is 2.26. The zero-order valence-electron chi connectivity index (χ0n) is 14.4. The summed E-state index contributed by atoms with van der Waals surface area (Å²) in [5, 5.41) is 10.7. The first kappa shape index (κ1) is 15.4. The molecule has 2 aliphatic rings. The number of aromatic amines is 1.